The first kappa shape index (κ1) is 24.6. The molecule has 0 spiro atoms. The zero-order valence-electron chi connectivity index (χ0n) is 19.6. The molecule has 0 N–H and O–H groups in total. The lowest BCUT2D eigenvalue weighted by Gasteiger charge is -2.44. The lowest BCUT2D eigenvalue weighted by atomic mass is 9.91. The standard InChI is InChI=1S/C28H30Cl2N2O2S/c29-25-10-6-23(7-11-25)28(24-8-12-26(30)13-9-24)32-17-22(18-32)20-35(33,34)19-21-4-3-5-27(16-21)31-14-1-2-15-31/h3-13,19,22,28H,1-2,14-18,20H2/b21-19+. The predicted molar refractivity (Wildman–Crippen MR) is 144 cm³/mol. The molecule has 0 unspecified atom stereocenters. The fourth-order valence-electron chi connectivity index (χ4n) is 5.35. The van der Waals surface area contributed by atoms with Crippen molar-refractivity contribution in [2.24, 2.45) is 5.92 Å². The van der Waals surface area contributed by atoms with E-state index >= 15 is 0 Å². The lowest BCUT2D eigenvalue weighted by Crippen LogP contribution is -2.51. The number of nitrogens with zero attached hydrogens (tertiary/aromatic N) is 2. The summed E-state index contributed by atoms with van der Waals surface area (Å²) in [5.41, 5.74) is 4.38. The van der Waals surface area contributed by atoms with Crippen molar-refractivity contribution in [2.75, 3.05) is 31.9 Å². The summed E-state index contributed by atoms with van der Waals surface area (Å²) in [5.74, 6) is 0.289. The first-order valence-electron chi connectivity index (χ1n) is 12.2. The highest BCUT2D eigenvalue weighted by atomic mass is 35.5. The van der Waals surface area contributed by atoms with Crippen LogP contribution in [0.3, 0.4) is 0 Å². The first-order chi connectivity index (χ1) is 16.9. The van der Waals surface area contributed by atoms with Crippen LogP contribution in [0.5, 0.6) is 0 Å². The summed E-state index contributed by atoms with van der Waals surface area (Å²) < 4.78 is 26.1. The molecule has 2 aromatic carbocycles. The third-order valence-corrected chi connectivity index (χ3v) is 9.12. The van der Waals surface area contributed by atoms with Crippen LogP contribution in [0.1, 0.15) is 36.4 Å². The smallest absolute Gasteiger partial charge is 0.172 e. The van der Waals surface area contributed by atoms with Gasteiger partial charge in [-0.3, -0.25) is 4.90 Å². The molecule has 2 heterocycles. The number of rotatable bonds is 7. The molecular weight excluding hydrogens is 499 g/mol. The molecule has 1 aliphatic carbocycles. The predicted octanol–water partition coefficient (Wildman–Crippen LogP) is 6.25. The van der Waals surface area contributed by atoms with Crippen molar-refractivity contribution >= 4 is 33.0 Å². The molecule has 2 saturated heterocycles. The van der Waals surface area contributed by atoms with Crippen molar-refractivity contribution in [3.63, 3.8) is 0 Å². The van der Waals surface area contributed by atoms with E-state index in [1.165, 1.54) is 23.9 Å². The second-order valence-corrected chi connectivity index (χ2v) is 12.5. The number of allylic oxidation sites excluding steroid dienone is 4. The molecular formula is C28H30Cl2N2O2S. The van der Waals surface area contributed by atoms with E-state index in [9.17, 15) is 8.42 Å². The minimum Gasteiger partial charge on any atom is -0.375 e. The molecule has 0 atom stereocenters. The van der Waals surface area contributed by atoms with Crippen LogP contribution in [0.25, 0.3) is 0 Å². The molecule has 0 aromatic heterocycles. The summed E-state index contributed by atoms with van der Waals surface area (Å²) >= 11 is 12.2. The molecule has 2 aliphatic heterocycles. The molecule has 3 aliphatic rings. The van der Waals surface area contributed by atoms with Crippen LogP contribution in [-0.4, -0.2) is 50.1 Å². The van der Waals surface area contributed by atoms with Crippen molar-refractivity contribution < 1.29 is 8.42 Å². The molecule has 0 bridgehead atoms. The van der Waals surface area contributed by atoms with Gasteiger partial charge in [0.05, 0.1) is 11.8 Å². The van der Waals surface area contributed by atoms with Gasteiger partial charge in [-0.25, -0.2) is 8.42 Å². The van der Waals surface area contributed by atoms with E-state index in [0.717, 1.165) is 42.9 Å². The Hall–Kier alpha value is -2.05. The Labute approximate surface area is 218 Å². The summed E-state index contributed by atoms with van der Waals surface area (Å²) in [6.07, 6.45) is 9.15. The lowest BCUT2D eigenvalue weighted by molar-refractivity contribution is 0.0813. The number of likely N-dealkylation sites (tertiary alicyclic amines) is 2. The van der Waals surface area contributed by atoms with Gasteiger partial charge in [0.15, 0.2) is 9.84 Å². The third kappa shape index (κ3) is 6.03. The fraction of sp³-hybridized carbons (Fsp3) is 0.357. The second-order valence-electron chi connectivity index (χ2n) is 9.74. The number of benzene rings is 2. The highest BCUT2D eigenvalue weighted by Gasteiger charge is 2.36. The molecule has 0 saturated carbocycles. The van der Waals surface area contributed by atoms with E-state index in [4.69, 9.17) is 23.2 Å². The van der Waals surface area contributed by atoms with Gasteiger partial charge >= 0.3 is 0 Å². The normalized spacial score (nSPS) is 20.5. The van der Waals surface area contributed by atoms with Crippen LogP contribution in [0.2, 0.25) is 10.0 Å². The summed E-state index contributed by atoms with van der Waals surface area (Å²) in [6.45, 7) is 3.60. The van der Waals surface area contributed by atoms with Crippen LogP contribution in [0.4, 0.5) is 0 Å². The van der Waals surface area contributed by atoms with E-state index in [2.05, 4.69) is 15.9 Å². The average molecular weight is 530 g/mol. The van der Waals surface area contributed by atoms with Crippen LogP contribution < -0.4 is 0 Å². The maximum Gasteiger partial charge on any atom is 0.172 e. The fourth-order valence-corrected chi connectivity index (χ4v) is 7.19. The molecule has 2 fully saturated rings. The maximum absolute atomic E-state index is 13.0. The van der Waals surface area contributed by atoms with E-state index in [1.54, 1.807) is 0 Å². The molecule has 0 radical (unpaired) electrons. The minimum absolute atomic E-state index is 0.0382. The van der Waals surface area contributed by atoms with Gasteiger partial charge in [0.25, 0.3) is 0 Å². The van der Waals surface area contributed by atoms with Crippen molar-refractivity contribution in [3.8, 4) is 0 Å². The quantitative estimate of drug-likeness (QED) is 0.425. The Kier molecular flexibility index (Phi) is 7.40. The van der Waals surface area contributed by atoms with Gasteiger partial charge in [-0.05, 0) is 65.8 Å². The van der Waals surface area contributed by atoms with Gasteiger partial charge in [0.2, 0.25) is 0 Å². The molecule has 4 nitrogen and oxygen atoms in total. The highest BCUT2D eigenvalue weighted by molar-refractivity contribution is 7.94. The Bertz CT molecular complexity index is 1190. The zero-order chi connectivity index (χ0) is 24.4. The average Bonchev–Trinajstić information content (AvgIpc) is 3.35. The largest absolute Gasteiger partial charge is 0.375 e. The first-order valence-corrected chi connectivity index (χ1v) is 14.6. The van der Waals surface area contributed by atoms with E-state index < -0.39 is 9.84 Å². The molecule has 35 heavy (non-hydrogen) atoms. The van der Waals surface area contributed by atoms with Crippen LogP contribution >= 0.6 is 23.2 Å². The van der Waals surface area contributed by atoms with Crippen LogP contribution in [0.15, 0.2) is 83.4 Å². The summed E-state index contributed by atoms with van der Waals surface area (Å²) in [6, 6.07) is 15.8. The van der Waals surface area contributed by atoms with Gasteiger partial charge in [0, 0.05) is 53.8 Å². The van der Waals surface area contributed by atoms with Crippen molar-refractivity contribution in [1.29, 1.82) is 0 Å². The van der Waals surface area contributed by atoms with Crippen LogP contribution in [-0.2, 0) is 9.84 Å². The molecule has 184 valence electrons. The Morgan fingerprint density at radius 3 is 2.06 bits per heavy atom. The summed E-state index contributed by atoms with van der Waals surface area (Å²) in [7, 11) is -3.30. The van der Waals surface area contributed by atoms with Gasteiger partial charge < -0.3 is 4.90 Å². The number of hydrogen-bond donors (Lipinski definition) is 0. The molecule has 2 aromatic rings. The van der Waals surface area contributed by atoms with E-state index in [0.29, 0.717) is 16.5 Å². The van der Waals surface area contributed by atoms with Crippen molar-refractivity contribution in [2.45, 2.75) is 25.3 Å². The molecule has 0 amide bonds. The van der Waals surface area contributed by atoms with E-state index in [-0.39, 0.29) is 17.7 Å². The number of sulfone groups is 1. The van der Waals surface area contributed by atoms with Gasteiger partial charge in [-0.1, -0.05) is 59.6 Å². The van der Waals surface area contributed by atoms with Crippen molar-refractivity contribution in [3.05, 3.63) is 105 Å². The molecule has 5 rings (SSSR count). The second kappa shape index (κ2) is 10.5. The van der Waals surface area contributed by atoms with Gasteiger partial charge in [0.1, 0.15) is 0 Å². The number of hydrogen-bond acceptors (Lipinski definition) is 4. The Morgan fingerprint density at radius 1 is 0.914 bits per heavy atom. The summed E-state index contributed by atoms with van der Waals surface area (Å²) in [5, 5.41) is 2.90. The van der Waals surface area contributed by atoms with Crippen molar-refractivity contribution in [1.82, 2.24) is 9.80 Å². The topological polar surface area (TPSA) is 40.6 Å². The van der Waals surface area contributed by atoms with Gasteiger partial charge in [-0.2, -0.15) is 0 Å². The highest BCUT2D eigenvalue weighted by Crippen LogP contribution is 2.36. The maximum atomic E-state index is 13.0. The van der Waals surface area contributed by atoms with E-state index in [1.807, 2.05) is 60.7 Å². The van der Waals surface area contributed by atoms with Crippen LogP contribution in [0, 0.1) is 5.92 Å². The Balaban J connectivity index is 1.25. The summed E-state index contributed by atoms with van der Waals surface area (Å²) in [4.78, 5) is 4.70. The minimum atomic E-state index is -3.30. The Morgan fingerprint density at radius 2 is 1.49 bits per heavy atom. The zero-order valence-corrected chi connectivity index (χ0v) is 21.9. The number of halogens is 2. The van der Waals surface area contributed by atoms with Gasteiger partial charge in [-0.15, -0.1) is 0 Å². The third-order valence-electron chi connectivity index (χ3n) is 7.02. The SMILES string of the molecule is O=S(=O)(/C=C1\C=CC=C(N2CCCC2)C1)CC1CN(C(c2ccc(Cl)cc2)c2ccc(Cl)cc2)C1. The monoisotopic (exact) mass is 528 g/mol. The molecule has 7 heteroatoms.